The molecule has 2 aromatic carbocycles. The van der Waals surface area contributed by atoms with Gasteiger partial charge in [0.2, 0.25) is 11.8 Å². The zero-order chi connectivity index (χ0) is 25.1. The molecule has 184 valence electrons. The summed E-state index contributed by atoms with van der Waals surface area (Å²) in [5.74, 6) is 2.54. The fraction of sp³-hybridized carbons (Fsp3) is 0.308. The van der Waals surface area contributed by atoms with Crippen LogP contribution < -0.4 is 10.6 Å². The molecule has 2 amide bonds. The number of amides is 2. The molecule has 0 unspecified atom stereocenters. The standard InChI is InChI=1S/C26H28N8O2/c1-15-27-23(33-31-15)17-7-11-21(12-8-17)29-25(35)19-3-5-20(6-4-19)26(36)30-22-13-9-18(10-14-22)24-28-16(2)32-34-24/h7-14,19-20H,3-6H2,1-2H3,(H,29,35)(H,30,36)(H,27,31,33)(H,28,32,34). The Hall–Kier alpha value is -4.34. The second-order valence-electron chi connectivity index (χ2n) is 9.17. The summed E-state index contributed by atoms with van der Waals surface area (Å²) in [6, 6.07) is 15.0. The van der Waals surface area contributed by atoms with E-state index in [1.807, 2.05) is 62.4 Å². The molecular weight excluding hydrogens is 456 g/mol. The predicted octanol–water partition coefficient (Wildman–Crippen LogP) is 4.26. The smallest absolute Gasteiger partial charge is 0.227 e. The van der Waals surface area contributed by atoms with E-state index in [2.05, 4.69) is 41.0 Å². The Kier molecular flexibility index (Phi) is 6.57. The van der Waals surface area contributed by atoms with Gasteiger partial charge in [-0.15, -0.1) is 0 Å². The topological polar surface area (TPSA) is 141 Å². The molecule has 0 radical (unpaired) electrons. The molecule has 4 N–H and O–H groups in total. The van der Waals surface area contributed by atoms with E-state index in [1.165, 1.54) is 0 Å². The Morgan fingerprint density at radius 2 is 1.03 bits per heavy atom. The second kappa shape index (κ2) is 10.1. The number of rotatable bonds is 6. The summed E-state index contributed by atoms with van der Waals surface area (Å²) < 4.78 is 0. The monoisotopic (exact) mass is 484 g/mol. The van der Waals surface area contributed by atoms with Crippen molar-refractivity contribution in [1.29, 1.82) is 0 Å². The zero-order valence-corrected chi connectivity index (χ0v) is 20.2. The van der Waals surface area contributed by atoms with Crippen LogP contribution in [0.25, 0.3) is 22.8 Å². The van der Waals surface area contributed by atoms with Gasteiger partial charge in [0, 0.05) is 34.3 Å². The van der Waals surface area contributed by atoms with Crippen LogP contribution in [0.3, 0.4) is 0 Å². The van der Waals surface area contributed by atoms with Gasteiger partial charge in [0.15, 0.2) is 11.6 Å². The summed E-state index contributed by atoms with van der Waals surface area (Å²) in [6.45, 7) is 3.70. The highest BCUT2D eigenvalue weighted by atomic mass is 16.2. The first-order valence-electron chi connectivity index (χ1n) is 12.1. The van der Waals surface area contributed by atoms with Crippen molar-refractivity contribution >= 4 is 23.2 Å². The molecule has 1 aliphatic rings. The molecule has 1 aliphatic carbocycles. The summed E-state index contributed by atoms with van der Waals surface area (Å²) in [5.41, 5.74) is 3.23. The lowest BCUT2D eigenvalue weighted by Gasteiger charge is -2.27. The fourth-order valence-electron chi connectivity index (χ4n) is 4.46. The lowest BCUT2D eigenvalue weighted by atomic mass is 9.81. The van der Waals surface area contributed by atoms with Crippen LogP contribution in [0.2, 0.25) is 0 Å². The van der Waals surface area contributed by atoms with Gasteiger partial charge in [-0.25, -0.2) is 9.97 Å². The third-order valence-corrected chi connectivity index (χ3v) is 6.48. The maximum absolute atomic E-state index is 12.8. The van der Waals surface area contributed by atoms with Crippen LogP contribution in [0.1, 0.15) is 37.3 Å². The summed E-state index contributed by atoms with van der Waals surface area (Å²) >= 11 is 0. The van der Waals surface area contributed by atoms with E-state index < -0.39 is 0 Å². The molecule has 4 aromatic rings. The summed E-state index contributed by atoms with van der Waals surface area (Å²) in [5, 5.41) is 20.0. The first-order valence-corrected chi connectivity index (χ1v) is 12.1. The normalized spacial score (nSPS) is 17.5. The largest absolute Gasteiger partial charge is 0.326 e. The van der Waals surface area contributed by atoms with Gasteiger partial charge in [0.1, 0.15) is 11.6 Å². The highest BCUT2D eigenvalue weighted by Crippen LogP contribution is 2.31. The number of carbonyl (C=O) groups excluding carboxylic acids is 2. The molecule has 0 spiro atoms. The minimum absolute atomic E-state index is 0.00634. The first-order chi connectivity index (χ1) is 17.4. The van der Waals surface area contributed by atoms with Crippen LogP contribution in [0, 0.1) is 25.7 Å². The number of hydrogen-bond acceptors (Lipinski definition) is 6. The van der Waals surface area contributed by atoms with Crippen LogP contribution in [-0.4, -0.2) is 42.2 Å². The van der Waals surface area contributed by atoms with Crippen LogP contribution in [0.4, 0.5) is 11.4 Å². The van der Waals surface area contributed by atoms with Crippen molar-refractivity contribution in [2.24, 2.45) is 11.8 Å². The molecule has 10 nitrogen and oxygen atoms in total. The van der Waals surface area contributed by atoms with Gasteiger partial charge in [0.05, 0.1) is 0 Å². The molecule has 5 rings (SSSR count). The molecule has 0 saturated heterocycles. The van der Waals surface area contributed by atoms with E-state index in [4.69, 9.17) is 0 Å². The molecule has 2 heterocycles. The lowest BCUT2D eigenvalue weighted by Crippen LogP contribution is -2.32. The zero-order valence-electron chi connectivity index (χ0n) is 20.2. The van der Waals surface area contributed by atoms with E-state index >= 15 is 0 Å². The minimum Gasteiger partial charge on any atom is -0.326 e. The lowest BCUT2D eigenvalue weighted by molar-refractivity contribution is -0.125. The highest BCUT2D eigenvalue weighted by Gasteiger charge is 2.30. The van der Waals surface area contributed by atoms with Gasteiger partial charge in [-0.1, -0.05) is 0 Å². The number of aromatic nitrogens is 6. The van der Waals surface area contributed by atoms with E-state index in [-0.39, 0.29) is 23.7 Å². The van der Waals surface area contributed by atoms with Gasteiger partial charge in [-0.3, -0.25) is 19.8 Å². The van der Waals surface area contributed by atoms with E-state index in [9.17, 15) is 9.59 Å². The number of anilines is 2. The summed E-state index contributed by atoms with van der Waals surface area (Å²) in [7, 11) is 0. The van der Waals surface area contributed by atoms with Crippen molar-refractivity contribution in [1.82, 2.24) is 30.4 Å². The quantitative estimate of drug-likeness (QED) is 0.322. The fourth-order valence-corrected chi connectivity index (χ4v) is 4.46. The molecule has 2 aromatic heterocycles. The first kappa shape index (κ1) is 23.4. The number of aromatic amines is 2. The van der Waals surface area contributed by atoms with Gasteiger partial charge in [-0.2, -0.15) is 10.2 Å². The predicted molar refractivity (Wildman–Crippen MR) is 136 cm³/mol. The number of carbonyl (C=O) groups is 2. The number of H-pyrrole nitrogens is 2. The van der Waals surface area contributed by atoms with Crippen LogP contribution >= 0.6 is 0 Å². The van der Waals surface area contributed by atoms with Gasteiger partial charge in [0.25, 0.3) is 0 Å². The Bertz CT molecular complexity index is 1240. The highest BCUT2D eigenvalue weighted by molar-refractivity contribution is 5.94. The number of aryl methyl sites for hydroxylation is 2. The van der Waals surface area contributed by atoms with E-state index in [0.717, 1.165) is 34.2 Å². The van der Waals surface area contributed by atoms with Crippen molar-refractivity contribution < 1.29 is 9.59 Å². The molecule has 0 atom stereocenters. The van der Waals surface area contributed by atoms with Crippen molar-refractivity contribution in [2.45, 2.75) is 39.5 Å². The SMILES string of the molecule is Cc1nc(-c2ccc(NC(=O)C3CCC(C(=O)Nc4ccc(-c5n[nH]c(C)n5)cc4)CC3)cc2)n[nH]1. The molecule has 0 bridgehead atoms. The third kappa shape index (κ3) is 5.32. The number of benzene rings is 2. The molecule has 36 heavy (non-hydrogen) atoms. The number of nitrogens with one attached hydrogen (secondary N) is 4. The Balaban J connectivity index is 1.10. The molecule has 1 saturated carbocycles. The molecular formula is C26H28N8O2. The maximum atomic E-state index is 12.8. The van der Waals surface area contributed by atoms with E-state index in [0.29, 0.717) is 37.3 Å². The Morgan fingerprint density at radius 3 is 1.33 bits per heavy atom. The van der Waals surface area contributed by atoms with Crippen molar-refractivity contribution in [2.75, 3.05) is 10.6 Å². The number of nitrogens with zero attached hydrogens (tertiary/aromatic N) is 4. The molecule has 10 heteroatoms. The summed E-state index contributed by atoms with van der Waals surface area (Å²) in [4.78, 5) is 34.2. The van der Waals surface area contributed by atoms with Gasteiger partial charge < -0.3 is 10.6 Å². The molecule has 1 fully saturated rings. The van der Waals surface area contributed by atoms with Crippen molar-refractivity contribution in [3.8, 4) is 22.8 Å². The maximum Gasteiger partial charge on any atom is 0.227 e. The minimum atomic E-state index is -0.103. The third-order valence-electron chi connectivity index (χ3n) is 6.48. The average molecular weight is 485 g/mol. The van der Waals surface area contributed by atoms with Crippen LogP contribution in [0.5, 0.6) is 0 Å². The Labute approximate surface area is 208 Å². The summed E-state index contributed by atoms with van der Waals surface area (Å²) in [6.07, 6.45) is 2.73. The second-order valence-corrected chi connectivity index (χ2v) is 9.17. The number of hydrogen-bond donors (Lipinski definition) is 4. The average Bonchev–Trinajstić information content (AvgIpc) is 3.53. The van der Waals surface area contributed by atoms with Crippen LogP contribution in [-0.2, 0) is 9.59 Å². The van der Waals surface area contributed by atoms with Gasteiger partial charge >= 0.3 is 0 Å². The van der Waals surface area contributed by atoms with Crippen molar-refractivity contribution in [3.05, 3.63) is 60.2 Å². The van der Waals surface area contributed by atoms with Gasteiger partial charge in [-0.05, 0) is 88.1 Å². The van der Waals surface area contributed by atoms with Crippen molar-refractivity contribution in [3.63, 3.8) is 0 Å². The van der Waals surface area contributed by atoms with E-state index in [1.54, 1.807) is 0 Å². The Morgan fingerprint density at radius 1 is 0.667 bits per heavy atom. The molecule has 0 aliphatic heterocycles. The van der Waals surface area contributed by atoms with Crippen LogP contribution in [0.15, 0.2) is 48.5 Å².